The fraction of sp³-hybridized carbons (Fsp3) is 0.800. The fourth-order valence-corrected chi connectivity index (χ4v) is 0.314. The van der Waals surface area contributed by atoms with Gasteiger partial charge in [-0.15, -0.1) is 0 Å². The van der Waals surface area contributed by atoms with Crippen molar-refractivity contribution in [2.45, 2.75) is 13.8 Å². The molecule has 0 heterocycles. The molecule has 54 valence electrons. The van der Waals surface area contributed by atoms with Gasteiger partial charge in [-0.05, 0) is 5.92 Å². The minimum absolute atomic E-state index is 0.331. The molecule has 3 nitrogen and oxygen atoms in total. The van der Waals surface area contributed by atoms with E-state index in [1.54, 1.807) is 0 Å². The molecule has 0 saturated carbocycles. The van der Waals surface area contributed by atoms with Crippen LogP contribution in [0, 0.1) is 5.92 Å². The van der Waals surface area contributed by atoms with Crippen molar-refractivity contribution in [2.75, 3.05) is 6.61 Å². The smallest absolute Gasteiger partial charge is 0.433 e. The second kappa shape index (κ2) is 4.49. The van der Waals surface area contributed by atoms with Crippen LogP contribution in [0.4, 0.5) is 4.79 Å². The number of ether oxygens (including phenoxy) is 1. The highest BCUT2D eigenvalue weighted by Crippen LogP contribution is 1.95. The Morgan fingerprint density at radius 1 is 1.67 bits per heavy atom. The van der Waals surface area contributed by atoms with Crippen molar-refractivity contribution < 1.29 is 13.7 Å². The number of carbonyl (C=O) groups is 1. The maximum absolute atomic E-state index is 10.2. The van der Waals surface area contributed by atoms with Crippen LogP contribution >= 0.6 is 12.9 Å². The van der Waals surface area contributed by atoms with Crippen molar-refractivity contribution in [3.63, 3.8) is 0 Å². The molecule has 0 saturated heterocycles. The molecule has 0 rings (SSSR count). The zero-order chi connectivity index (χ0) is 7.28. The molecule has 0 fully saturated rings. The summed E-state index contributed by atoms with van der Waals surface area (Å²) in [6.45, 7) is 4.25. The Balaban J connectivity index is 3.17. The quantitative estimate of drug-likeness (QED) is 0.369. The molecule has 0 spiro atoms. The molecule has 0 amide bonds. The van der Waals surface area contributed by atoms with Crippen molar-refractivity contribution >= 4 is 19.1 Å². The minimum Gasteiger partial charge on any atom is -0.433 e. The van der Waals surface area contributed by atoms with E-state index in [-0.39, 0.29) is 0 Å². The molecule has 0 aliphatic carbocycles. The summed E-state index contributed by atoms with van der Waals surface area (Å²) in [6.07, 6.45) is -0.743. The van der Waals surface area contributed by atoms with E-state index in [9.17, 15) is 4.79 Å². The maximum atomic E-state index is 10.2. The first-order valence-electron chi connectivity index (χ1n) is 2.65. The summed E-state index contributed by atoms with van der Waals surface area (Å²) in [5.41, 5.74) is 0. The Morgan fingerprint density at radius 3 is 2.56 bits per heavy atom. The van der Waals surface area contributed by atoms with E-state index in [1.807, 2.05) is 13.8 Å². The third kappa shape index (κ3) is 5.49. The van der Waals surface area contributed by atoms with Crippen LogP contribution < -0.4 is 0 Å². The first kappa shape index (κ1) is 8.62. The number of hydrogen-bond donors (Lipinski definition) is 1. The second-order valence-corrected chi connectivity index (χ2v) is 2.23. The predicted molar refractivity (Wildman–Crippen MR) is 36.3 cm³/mol. The molecule has 0 radical (unpaired) electrons. The Morgan fingerprint density at radius 2 is 2.22 bits per heavy atom. The van der Waals surface area contributed by atoms with Gasteiger partial charge in [-0.1, -0.05) is 13.8 Å². The Hall–Kier alpha value is -0.380. The third-order valence-corrected chi connectivity index (χ3v) is 0.758. The minimum atomic E-state index is -0.743. The first-order chi connectivity index (χ1) is 4.16. The van der Waals surface area contributed by atoms with E-state index in [0.717, 1.165) is 0 Å². The lowest BCUT2D eigenvalue weighted by molar-refractivity contribution is 0.0960. The molecular formula is C5H10O3S. The molecular weight excluding hydrogens is 140 g/mol. The normalized spacial score (nSPS) is 9.33. The summed E-state index contributed by atoms with van der Waals surface area (Å²) in [5.74, 6) is 0.331. The van der Waals surface area contributed by atoms with Crippen LogP contribution in [0.2, 0.25) is 0 Å². The molecule has 0 aromatic carbocycles. The molecule has 0 aromatic rings. The summed E-state index contributed by atoms with van der Waals surface area (Å²) in [5, 5.41) is 0. The summed E-state index contributed by atoms with van der Waals surface area (Å²) >= 11 is 3.24. The van der Waals surface area contributed by atoms with E-state index in [2.05, 4.69) is 21.8 Å². The van der Waals surface area contributed by atoms with Gasteiger partial charge in [0.05, 0.1) is 6.61 Å². The van der Waals surface area contributed by atoms with Crippen molar-refractivity contribution in [3.05, 3.63) is 0 Å². The van der Waals surface area contributed by atoms with Gasteiger partial charge >= 0.3 is 6.16 Å². The monoisotopic (exact) mass is 150 g/mol. The van der Waals surface area contributed by atoms with Gasteiger partial charge in [0.15, 0.2) is 0 Å². The van der Waals surface area contributed by atoms with Crippen molar-refractivity contribution in [1.29, 1.82) is 0 Å². The SMILES string of the molecule is CC(C)COC(=O)OS. The van der Waals surface area contributed by atoms with Crippen molar-refractivity contribution in [3.8, 4) is 0 Å². The van der Waals surface area contributed by atoms with Crippen LogP contribution in [0.25, 0.3) is 0 Å². The average molecular weight is 150 g/mol. The van der Waals surface area contributed by atoms with Gasteiger partial charge in [-0.2, -0.15) is 0 Å². The number of thiol groups is 1. The van der Waals surface area contributed by atoms with E-state index in [0.29, 0.717) is 12.5 Å². The van der Waals surface area contributed by atoms with Gasteiger partial charge in [0, 0.05) is 12.9 Å². The van der Waals surface area contributed by atoms with Crippen LogP contribution in [-0.4, -0.2) is 12.8 Å². The second-order valence-electron chi connectivity index (χ2n) is 2.05. The highest BCUT2D eigenvalue weighted by atomic mass is 32.1. The fourth-order valence-electron chi connectivity index (χ4n) is 0.261. The molecule has 0 aliphatic rings. The van der Waals surface area contributed by atoms with Crippen LogP contribution in [0.15, 0.2) is 0 Å². The first-order valence-corrected chi connectivity index (χ1v) is 3.01. The molecule has 0 aliphatic heterocycles. The van der Waals surface area contributed by atoms with E-state index >= 15 is 0 Å². The average Bonchev–Trinajstić information content (AvgIpc) is 1.83. The lowest BCUT2D eigenvalue weighted by Crippen LogP contribution is -2.07. The summed E-state index contributed by atoms with van der Waals surface area (Å²) in [4.78, 5) is 10.2. The van der Waals surface area contributed by atoms with Crippen LogP contribution in [-0.2, 0) is 8.92 Å². The Bertz CT molecular complexity index is 92.2. The van der Waals surface area contributed by atoms with Gasteiger partial charge < -0.3 is 8.92 Å². The zero-order valence-corrected chi connectivity index (χ0v) is 6.35. The summed E-state index contributed by atoms with van der Waals surface area (Å²) in [7, 11) is 0. The van der Waals surface area contributed by atoms with Crippen molar-refractivity contribution in [2.24, 2.45) is 5.92 Å². The number of rotatable bonds is 2. The standard InChI is InChI=1S/C5H10O3S/c1-4(2)3-7-5(6)8-9/h4,9H,3H2,1-2H3. The molecule has 9 heavy (non-hydrogen) atoms. The van der Waals surface area contributed by atoms with E-state index in [4.69, 9.17) is 0 Å². The van der Waals surface area contributed by atoms with Crippen LogP contribution in [0.1, 0.15) is 13.8 Å². The Kier molecular flexibility index (Phi) is 4.30. The molecule has 0 atom stereocenters. The lowest BCUT2D eigenvalue weighted by Gasteiger charge is -2.03. The zero-order valence-electron chi connectivity index (χ0n) is 5.46. The van der Waals surface area contributed by atoms with Gasteiger partial charge in [0.25, 0.3) is 0 Å². The van der Waals surface area contributed by atoms with Gasteiger partial charge in [-0.3, -0.25) is 0 Å². The van der Waals surface area contributed by atoms with Gasteiger partial charge in [-0.25, -0.2) is 4.79 Å². The summed E-state index contributed by atoms with van der Waals surface area (Å²) in [6, 6.07) is 0. The molecule has 0 aromatic heterocycles. The third-order valence-electron chi connectivity index (χ3n) is 0.609. The highest BCUT2D eigenvalue weighted by molar-refractivity contribution is 7.75. The number of hydrogen-bond acceptors (Lipinski definition) is 4. The van der Waals surface area contributed by atoms with Crippen LogP contribution in [0.3, 0.4) is 0 Å². The summed E-state index contributed by atoms with van der Waals surface area (Å²) < 4.78 is 8.45. The largest absolute Gasteiger partial charge is 0.520 e. The Labute approximate surface area is 60.0 Å². The molecule has 0 bridgehead atoms. The lowest BCUT2D eigenvalue weighted by atomic mass is 10.2. The van der Waals surface area contributed by atoms with Gasteiger partial charge in [0.1, 0.15) is 0 Å². The van der Waals surface area contributed by atoms with Crippen molar-refractivity contribution in [1.82, 2.24) is 0 Å². The predicted octanol–water partition coefficient (Wildman–Crippen LogP) is 1.64. The topological polar surface area (TPSA) is 35.5 Å². The van der Waals surface area contributed by atoms with E-state index < -0.39 is 6.16 Å². The molecule has 4 heteroatoms. The number of carbonyl (C=O) groups excluding carboxylic acids is 1. The highest BCUT2D eigenvalue weighted by Gasteiger charge is 2.01. The molecule has 0 N–H and O–H groups in total. The van der Waals surface area contributed by atoms with Gasteiger partial charge in [0.2, 0.25) is 0 Å². The maximum Gasteiger partial charge on any atom is 0.520 e. The molecule has 0 unspecified atom stereocenters. The van der Waals surface area contributed by atoms with E-state index in [1.165, 1.54) is 0 Å². The van der Waals surface area contributed by atoms with Crippen LogP contribution in [0.5, 0.6) is 0 Å².